The van der Waals surface area contributed by atoms with Crippen molar-refractivity contribution in [2.24, 2.45) is 5.41 Å². The number of halogens is 1. The summed E-state index contributed by atoms with van der Waals surface area (Å²) in [5.41, 5.74) is 1.05. The summed E-state index contributed by atoms with van der Waals surface area (Å²) in [4.78, 5) is 10.6. The molecule has 0 saturated heterocycles. The second-order valence-corrected chi connectivity index (χ2v) is 6.28. The van der Waals surface area contributed by atoms with E-state index in [1.165, 1.54) is 18.9 Å². The van der Waals surface area contributed by atoms with Crippen molar-refractivity contribution in [2.75, 3.05) is 0 Å². The maximum absolute atomic E-state index is 11.0. The van der Waals surface area contributed by atoms with Crippen molar-refractivity contribution in [1.82, 2.24) is 5.32 Å². The van der Waals surface area contributed by atoms with Gasteiger partial charge in [-0.15, -0.1) is 0 Å². The molecule has 0 amide bonds. The Morgan fingerprint density at radius 3 is 2.84 bits per heavy atom. The number of nitrogens with one attached hydrogen (secondary N) is 1. The third-order valence-corrected chi connectivity index (χ3v) is 4.28. The average molecular weight is 283 g/mol. The lowest BCUT2D eigenvalue weighted by Gasteiger charge is -2.28. The minimum atomic E-state index is -0.372. The molecule has 1 unspecified atom stereocenters. The van der Waals surface area contributed by atoms with Gasteiger partial charge in [0.05, 0.1) is 4.92 Å². The Hall–Kier alpha value is -1.13. The van der Waals surface area contributed by atoms with Crippen LogP contribution < -0.4 is 5.32 Å². The summed E-state index contributed by atoms with van der Waals surface area (Å²) in [5, 5.41) is 14.9. The van der Waals surface area contributed by atoms with Gasteiger partial charge in [-0.05, 0) is 30.4 Å². The monoisotopic (exact) mass is 282 g/mol. The molecule has 0 aromatic heterocycles. The molecule has 1 saturated carbocycles. The highest BCUT2D eigenvalue weighted by Gasteiger charge is 2.34. The van der Waals surface area contributed by atoms with Crippen LogP contribution in [0.25, 0.3) is 0 Å². The third-order valence-electron chi connectivity index (χ3n) is 4.04. The molecule has 0 spiro atoms. The minimum Gasteiger partial charge on any atom is -0.309 e. The standard InChI is InChI=1S/C14H19ClN2O2/c1-14(2)7-3-4-13(14)16-9-10-5-6-11(15)8-12(10)17(18)19/h5-6,8,13,16H,3-4,7,9H2,1-2H3. The Balaban J connectivity index is 2.09. The fourth-order valence-corrected chi connectivity index (χ4v) is 2.96. The van der Waals surface area contributed by atoms with E-state index in [4.69, 9.17) is 11.6 Å². The molecule has 2 rings (SSSR count). The highest BCUT2D eigenvalue weighted by molar-refractivity contribution is 6.30. The van der Waals surface area contributed by atoms with Crippen LogP contribution in [-0.4, -0.2) is 11.0 Å². The number of benzene rings is 1. The summed E-state index contributed by atoms with van der Waals surface area (Å²) >= 11 is 5.81. The zero-order valence-corrected chi connectivity index (χ0v) is 12.0. The predicted octanol–water partition coefficient (Wildman–Crippen LogP) is 3.92. The van der Waals surface area contributed by atoms with E-state index in [-0.39, 0.29) is 16.0 Å². The Morgan fingerprint density at radius 2 is 2.26 bits per heavy atom. The Bertz CT molecular complexity index is 488. The molecule has 1 N–H and O–H groups in total. The maximum atomic E-state index is 11.0. The summed E-state index contributed by atoms with van der Waals surface area (Å²) in [5.74, 6) is 0. The molecule has 1 aromatic carbocycles. The van der Waals surface area contributed by atoms with Crippen LogP contribution in [0, 0.1) is 15.5 Å². The Labute approximate surface area is 118 Å². The second kappa shape index (κ2) is 5.47. The molecule has 1 atom stereocenters. The lowest BCUT2D eigenvalue weighted by atomic mass is 9.87. The molecule has 1 fully saturated rings. The molecule has 1 aromatic rings. The van der Waals surface area contributed by atoms with Crippen molar-refractivity contribution >= 4 is 17.3 Å². The molecule has 1 aliphatic rings. The third kappa shape index (κ3) is 3.25. The fourth-order valence-electron chi connectivity index (χ4n) is 2.79. The quantitative estimate of drug-likeness (QED) is 0.673. The zero-order chi connectivity index (χ0) is 14.0. The lowest BCUT2D eigenvalue weighted by molar-refractivity contribution is -0.385. The van der Waals surface area contributed by atoms with E-state index in [2.05, 4.69) is 19.2 Å². The predicted molar refractivity (Wildman–Crippen MR) is 76.4 cm³/mol. The Kier molecular flexibility index (Phi) is 4.11. The molecule has 104 valence electrons. The maximum Gasteiger partial charge on any atom is 0.275 e. The number of nitro benzene ring substituents is 1. The fraction of sp³-hybridized carbons (Fsp3) is 0.571. The van der Waals surface area contributed by atoms with Gasteiger partial charge in [-0.25, -0.2) is 0 Å². The van der Waals surface area contributed by atoms with Crippen molar-refractivity contribution in [1.29, 1.82) is 0 Å². The van der Waals surface area contributed by atoms with Crippen LogP contribution in [0.4, 0.5) is 5.69 Å². The number of rotatable bonds is 4. The molecule has 0 aliphatic heterocycles. The normalized spacial score (nSPS) is 21.5. The van der Waals surface area contributed by atoms with E-state index in [1.807, 2.05) is 0 Å². The molecule has 5 heteroatoms. The average Bonchev–Trinajstić information content (AvgIpc) is 2.66. The van der Waals surface area contributed by atoms with E-state index < -0.39 is 0 Å². The van der Waals surface area contributed by atoms with Gasteiger partial charge >= 0.3 is 0 Å². The molecule has 1 aliphatic carbocycles. The Morgan fingerprint density at radius 1 is 1.53 bits per heavy atom. The van der Waals surface area contributed by atoms with Gasteiger partial charge in [0.15, 0.2) is 0 Å². The van der Waals surface area contributed by atoms with Gasteiger partial charge in [0.1, 0.15) is 0 Å². The molecule has 19 heavy (non-hydrogen) atoms. The van der Waals surface area contributed by atoms with Gasteiger partial charge in [0.25, 0.3) is 5.69 Å². The van der Waals surface area contributed by atoms with Crippen molar-refractivity contribution in [3.05, 3.63) is 38.9 Å². The van der Waals surface area contributed by atoms with E-state index >= 15 is 0 Å². The van der Waals surface area contributed by atoms with Gasteiger partial charge in [0, 0.05) is 29.2 Å². The highest BCUT2D eigenvalue weighted by atomic mass is 35.5. The first-order valence-corrected chi connectivity index (χ1v) is 6.94. The van der Waals surface area contributed by atoms with Crippen molar-refractivity contribution in [3.8, 4) is 0 Å². The SMILES string of the molecule is CC1(C)CCCC1NCc1ccc(Cl)cc1[N+](=O)[O-]. The van der Waals surface area contributed by atoms with Crippen LogP contribution in [0.1, 0.15) is 38.7 Å². The minimum absolute atomic E-state index is 0.0933. The largest absolute Gasteiger partial charge is 0.309 e. The van der Waals surface area contributed by atoms with Gasteiger partial charge in [-0.2, -0.15) is 0 Å². The number of hydrogen-bond acceptors (Lipinski definition) is 3. The lowest BCUT2D eigenvalue weighted by Crippen LogP contribution is -2.37. The van der Waals surface area contributed by atoms with Crippen molar-refractivity contribution in [3.63, 3.8) is 0 Å². The van der Waals surface area contributed by atoms with Crippen LogP contribution in [0.2, 0.25) is 5.02 Å². The molecule has 0 radical (unpaired) electrons. The van der Waals surface area contributed by atoms with Crippen molar-refractivity contribution in [2.45, 2.75) is 45.7 Å². The number of hydrogen-bond donors (Lipinski definition) is 1. The number of nitro groups is 1. The molecule has 0 heterocycles. The van der Waals surface area contributed by atoms with Crippen LogP contribution in [0.3, 0.4) is 0 Å². The summed E-state index contributed by atoms with van der Waals surface area (Å²) in [7, 11) is 0. The summed E-state index contributed by atoms with van der Waals surface area (Å²) < 4.78 is 0. The summed E-state index contributed by atoms with van der Waals surface area (Å²) in [6, 6.07) is 5.27. The van der Waals surface area contributed by atoms with Gasteiger partial charge in [0.2, 0.25) is 0 Å². The first-order chi connectivity index (χ1) is 8.90. The number of nitrogens with zero attached hydrogens (tertiary/aromatic N) is 1. The first-order valence-electron chi connectivity index (χ1n) is 6.56. The van der Waals surface area contributed by atoms with Crippen LogP contribution >= 0.6 is 11.6 Å². The molecule has 0 bridgehead atoms. The smallest absolute Gasteiger partial charge is 0.275 e. The van der Waals surface area contributed by atoms with Gasteiger partial charge < -0.3 is 5.32 Å². The molecule has 4 nitrogen and oxygen atoms in total. The zero-order valence-electron chi connectivity index (χ0n) is 11.3. The van der Waals surface area contributed by atoms with E-state index in [9.17, 15) is 10.1 Å². The van der Waals surface area contributed by atoms with Gasteiger partial charge in [-0.3, -0.25) is 10.1 Å². The van der Waals surface area contributed by atoms with Crippen LogP contribution in [0.5, 0.6) is 0 Å². The van der Waals surface area contributed by atoms with Crippen LogP contribution in [-0.2, 0) is 6.54 Å². The topological polar surface area (TPSA) is 55.2 Å². The van der Waals surface area contributed by atoms with Gasteiger partial charge in [-0.1, -0.05) is 31.9 Å². The summed E-state index contributed by atoms with van der Waals surface area (Å²) in [6.45, 7) is 5.00. The summed E-state index contributed by atoms with van der Waals surface area (Å²) in [6.07, 6.45) is 3.55. The highest BCUT2D eigenvalue weighted by Crippen LogP contribution is 2.37. The van der Waals surface area contributed by atoms with E-state index in [1.54, 1.807) is 12.1 Å². The van der Waals surface area contributed by atoms with Crippen molar-refractivity contribution < 1.29 is 4.92 Å². The van der Waals surface area contributed by atoms with E-state index in [0.717, 1.165) is 6.42 Å². The van der Waals surface area contributed by atoms with Crippen LogP contribution in [0.15, 0.2) is 18.2 Å². The molecular weight excluding hydrogens is 264 g/mol. The second-order valence-electron chi connectivity index (χ2n) is 5.84. The molecular formula is C14H19ClN2O2. The van der Waals surface area contributed by atoms with E-state index in [0.29, 0.717) is 23.2 Å². The first kappa shape index (κ1) is 14.3.